The van der Waals surface area contributed by atoms with Crippen molar-refractivity contribution in [3.63, 3.8) is 0 Å². The van der Waals surface area contributed by atoms with Crippen molar-refractivity contribution in [3.8, 4) is 0 Å². The fourth-order valence-electron chi connectivity index (χ4n) is 1.88. The molecule has 2 atom stereocenters. The van der Waals surface area contributed by atoms with E-state index in [9.17, 15) is 4.79 Å². The summed E-state index contributed by atoms with van der Waals surface area (Å²) in [6.45, 7) is 8.08. The van der Waals surface area contributed by atoms with Crippen LogP contribution in [0.3, 0.4) is 0 Å². The minimum absolute atomic E-state index is 0.0485. The molecule has 0 aromatic rings. The van der Waals surface area contributed by atoms with Gasteiger partial charge in [-0.05, 0) is 40.2 Å². The maximum absolute atomic E-state index is 12.1. The molecule has 0 saturated carbocycles. The first-order chi connectivity index (χ1) is 7.29. The normalized spacial score (nSPS) is 22.8. The molecule has 16 heavy (non-hydrogen) atoms. The molecular formula is C13H20ClNO. The predicted molar refractivity (Wildman–Crippen MR) is 68.5 cm³/mol. The number of Topliss-reactive ketones (excluding diaryl/α,β-unsaturated/α-hetero) is 1. The number of carbonyl (C=O) groups excluding carboxylic acids is 1. The van der Waals surface area contributed by atoms with E-state index in [1.165, 1.54) is 0 Å². The molecular weight excluding hydrogens is 222 g/mol. The third-order valence-electron chi connectivity index (χ3n) is 2.48. The molecule has 1 N–H and O–H groups in total. The number of hydrogen-bond donors (Lipinski definition) is 1. The number of carbonyl (C=O) groups is 1. The Kier molecular flexibility index (Phi) is 4.34. The molecule has 0 aliphatic heterocycles. The minimum Gasteiger partial charge on any atom is -0.303 e. The summed E-state index contributed by atoms with van der Waals surface area (Å²) in [5, 5.41) is 4.04. The lowest BCUT2D eigenvalue weighted by Gasteiger charge is -2.27. The van der Waals surface area contributed by atoms with Crippen molar-refractivity contribution in [1.82, 2.24) is 5.32 Å². The van der Waals surface area contributed by atoms with Crippen LogP contribution in [0.15, 0.2) is 23.3 Å². The summed E-state index contributed by atoms with van der Waals surface area (Å²) in [5.74, 6) is 0.125. The Balaban J connectivity index is 2.59. The van der Waals surface area contributed by atoms with Crippen LogP contribution >= 0.6 is 11.6 Å². The zero-order valence-electron chi connectivity index (χ0n) is 10.4. The molecule has 1 aliphatic rings. The van der Waals surface area contributed by atoms with Crippen LogP contribution in [0.5, 0.6) is 0 Å². The highest BCUT2D eigenvalue weighted by atomic mass is 35.5. The summed E-state index contributed by atoms with van der Waals surface area (Å²) >= 11 is 5.93. The van der Waals surface area contributed by atoms with Crippen molar-refractivity contribution < 1.29 is 4.79 Å². The molecule has 90 valence electrons. The molecule has 0 amide bonds. The van der Waals surface area contributed by atoms with Gasteiger partial charge in [0.2, 0.25) is 0 Å². The number of ketones is 1. The fraction of sp³-hybridized carbons (Fsp3) is 0.615. The van der Waals surface area contributed by atoms with Crippen LogP contribution in [-0.2, 0) is 4.79 Å². The summed E-state index contributed by atoms with van der Waals surface area (Å²) < 4.78 is 0. The second-order valence-electron chi connectivity index (χ2n) is 5.33. The Morgan fingerprint density at radius 3 is 2.69 bits per heavy atom. The van der Waals surface area contributed by atoms with Crippen LogP contribution in [0.25, 0.3) is 0 Å². The fourth-order valence-corrected chi connectivity index (χ4v) is 2.12. The number of allylic oxidation sites excluding steroid dienone is 4. The van der Waals surface area contributed by atoms with Crippen molar-refractivity contribution in [1.29, 1.82) is 0 Å². The molecule has 1 rings (SSSR count). The van der Waals surface area contributed by atoms with Gasteiger partial charge in [-0.2, -0.15) is 0 Å². The first-order valence-electron chi connectivity index (χ1n) is 5.64. The molecule has 0 radical (unpaired) electrons. The molecule has 0 bridgehead atoms. The quantitative estimate of drug-likeness (QED) is 0.823. The monoisotopic (exact) mass is 241 g/mol. The van der Waals surface area contributed by atoms with Gasteiger partial charge in [0.25, 0.3) is 0 Å². The average molecular weight is 242 g/mol. The Morgan fingerprint density at radius 2 is 2.19 bits per heavy atom. The van der Waals surface area contributed by atoms with E-state index >= 15 is 0 Å². The molecule has 0 heterocycles. The lowest BCUT2D eigenvalue weighted by Crippen LogP contribution is -2.47. The zero-order chi connectivity index (χ0) is 12.3. The molecule has 1 aliphatic carbocycles. The van der Waals surface area contributed by atoms with Gasteiger partial charge in [-0.1, -0.05) is 23.8 Å². The minimum atomic E-state index is -0.141. The van der Waals surface area contributed by atoms with Crippen molar-refractivity contribution in [2.24, 2.45) is 5.92 Å². The maximum Gasteiger partial charge on any atom is 0.156 e. The smallest absolute Gasteiger partial charge is 0.156 e. The summed E-state index contributed by atoms with van der Waals surface area (Å²) in [5.41, 5.74) is -0.0485. The van der Waals surface area contributed by atoms with E-state index in [2.05, 4.69) is 26.1 Å². The summed E-state index contributed by atoms with van der Waals surface area (Å²) in [6, 6.07) is -0.141. The second kappa shape index (κ2) is 5.15. The predicted octanol–water partition coefficient (Wildman–Crippen LogP) is 3.03. The van der Waals surface area contributed by atoms with Crippen molar-refractivity contribution in [2.75, 3.05) is 0 Å². The van der Waals surface area contributed by atoms with Crippen LogP contribution in [0.4, 0.5) is 0 Å². The molecule has 0 fully saturated rings. The van der Waals surface area contributed by atoms with Crippen molar-refractivity contribution in [2.45, 2.75) is 45.7 Å². The third kappa shape index (κ3) is 4.11. The largest absolute Gasteiger partial charge is 0.303 e. The van der Waals surface area contributed by atoms with Gasteiger partial charge in [0.1, 0.15) is 0 Å². The van der Waals surface area contributed by atoms with Crippen molar-refractivity contribution >= 4 is 17.4 Å². The zero-order valence-corrected chi connectivity index (χ0v) is 11.1. The van der Waals surface area contributed by atoms with Crippen LogP contribution in [0.2, 0.25) is 0 Å². The molecule has 2 unspecified atom stereocenters. The average Bonchev–Trinajstić information content (AvgIpc) is 2.14. The summed E-state index contributed by atoms with van der Waals surface area (Å²) in [6.07, 6.45) is 6.26. The van der Waals surface area contributed by atoms with Gasteiger partial charge in [0.05, 0.1) is 6.04 Å². The Hall–Kier alpha value is -0.600. The number of halogens is 1. The SMILES string of the molecule is CC(NC(C)(C)C)C(=O)C1C=CC=C(Cl)C1. The molecule has 0 aromatic heterocycles. The highest BCUT2D eigenvalue weighted by molar-refractivity contribution is 6.30. The van der Waals surface area contributed by atoms with E-state index in [0.717, 1.165) is 5.03 Å². The van der Waals surface area contributed by atoms with Crippen LogP contribution < -0.4 is 5.32 Å². The second-order valence-corrected chi connectivity index (χ2v) is 5.81. The van der Waals surface area contributed by atoms with E-state index in [1.807, 2.05) is 25.2 Å². The number of nitrogens with one attached hydrogen (secondary N) is 1. The van der Waals surface area contributed by atoms with Gasteiger partial charge in [0, 0.05) is 16.5 Å². The van der Waals surface area contributed by atoms with E-state index in [1.54, 1.807) is 0 Å². The van der Waals surface area contributed by atoms with Gasteiger partial charge >= 0.3 is 0 Å². The first-order valence-corrected chi connectivity index (χ1v) is 6.01. The van der Waals surface area contributed by atoms with Gasteiger partial charge in [0.15, 0.2) is 5.78 Å². The molecule has 2 nitrogen and oxygen atoms in total. The Bertz CT molecular complexity index is 325. The van der Waals surface area contributed by atoms with Gasteiger partial charge in [-0.3, -0.25) is 4.79 Å². The standard InChI is InChI=1S/C13H20ClNO/c1-9(15-13(2,3)4)12(16)10-6-5-7-11(14)8-10/h5-7,9-10,15H,8H2,1-4H3. The highest BCUT2D eigenvalue weighted by Gasteiger charge is 2.26. The Morgan fingerprint density at radius 1 is 1.56 bits per heavy atom. The van der Waals surface area contributed by atoms with Crippen molar-refractivity contribution in [3.05, 3.63) is 23.3 Å². The molecule has 0 aromatic carbocycles. The van der Waals surface area contributed by atoms with Crippen LogP contribution in [0, 0.1) is 5.92 Å². The summed E-state index contributed by atoms with van der Waals surface area (Å²) in [7, 11) is 0. The van der Waals surface area contributed by atoms with E-state index in [0.29, 0.717) is 6.42 Å². The molecule has 0 saturated heterocycles. The Labute approximate surface area is 103 Å². The van der Waals surface area contributed by atoms with E-state index < -0.39 is 0 Å². The van der Waals surface area contributed by atoms with E-state index in [-0.39, 0.29) is 23.3 Å². The lowest BCUT2D eigenvalue weighted by atomic mass is 9.91. The number of hydrogen-bond acceptors (Lipinski definition) is 2. The van der Waals surface area contributed by atoms with Crippen LogP contribution in [-0.4, -0.2) is 17.4 Å². The molecule has 3 heteroatoms. The lowest BCUT2D eigenvalue weighted by molar-refractivity contribution is -0.123. The molecule has 0 spiro atoms. The highest BCUT2D eigenvalue weighted by Crippen LogP contribution is 2.23. The van der Waals surface area contributed by atoms with Gasteiger partial charge < -0.3 is 5.32 Å². The first kappa shape index (κ1) is 13.5. The van der Waals surface area contributed by atoms with E-state index in [4.69, 9.17) is 11.6 Å². The van der Waals surface area contributed by atoms with Gasteiger partial charge in [-0.25, -0.2) is 0 Å². The summed E-state index contributed by atoms with van der Waals surface area (Å²) in [4.78, 5) is 12.1. The topological polar surface area (TPSA) is 29.1 Å². The third-order valence-corrected chi connectivity index (χ3v) is 2.76. The van der Waals surface area contributed by atoms with Crippen LogP contribution in [0.1, 0.15) is 34.1 Å². The maximum atomic E-state index is 12.1. The number of rotatable bonds is 3. The van der Waals surface area contributed by atoms with Gasteiger partial charge in [-0.15, -0.1) is 0 Å².